The normalized spacial score (nSPS) is 21.1. The molecule has 8 nitrogen and oxygen atoms in total. The van der Waals surface area contributed by atoms with Gasteiger partial charge in [0, 0.05) is 0 Å². The summed E-state index contributed by atoms with van der Waals surface area (Å²) in [7, 11) is -2.72. The Kier molecular flexibility index (Phi) is 5.63. The van der Waals surface area contributed by atoms with Gasteiger partial charge < -0.3 is 9.47 Å². The molecule has 4 rings (SSSR count). The van der Waals surface area contributed by atoms with Crippen LogP contribution in [0.25, 0.3) is 0 Å². The van der Waals surface area contributed by atoms with Crippen LogP contribution in [0.1, 0.15) is 42.6 Å². The number of fused-ring (bicyclic) bond motifs is 1. The third kappa shape index (κ3) is 3.75. The van der Waals surface area contributed by atoms with Gasteiger partial charge in [0.15, 0.2) is 5.82 Å². The lowest BCUT2D eigenvalue weighted by molar-refractivity contribution is 0.0518. The smallest absolute Gasteiger partial charge is 0.343 e. The highest BCUT2D eigenvalue weighted by atomic mass is 32.2. The van der Waals surface area contributed by atoms with Gasteiger partial charge >= 0.3 is 5.97 Å². The van der Waals surface area contributed by atoms with Crippen LogP contribution in [0.15, 0.2) is 35.4 Å². The summed E-state index contributed by atoms with van der Waals surface area (Å²) in [6.07, 6.45) is -0.278. The van der Waals surface area contributed by atoms with Crippen LogP contribution in [0.3, 0.4) is 0 Å². The molecule has 1 fully saturated rings. The van der Waals surface area contributed by atoms with Gasteiger partial charge in [-0.05, 0) is 56.4 Å². The summed E-state index contributed by atoms with van der Waals surface area (Å²) in [5.41, 5.74) is -0.144. The first-order valence-electron chi connectivity index (χ1n) is 10.0. The molecule has 0 radical (unpaired) electrons. The number of alkyl halides is 2. The molecule has 168 valence electrons. The standard InChI is InChI=1S/C20H23F2N3O5S/c1-3-30-20(26)15-11-23-24-17(18(21)22)10-16(12-4-5-12)25(19(15)24)31(27,28)14-8-6-13(29-2)7-9-14/h6-9,11-12,16-18H,3-5,10H2,1-2H3. The number of esters is 1. The first-order chi connectivity index (χ1) is 14.8. The predicted molar refractivity (Wildman–Crippen MR) is 107 cm³/mol. The van der Waals surface area contributed by atoms with Crippen LogP contribution in [0.4, 0.5) is 14.6 Å². The molecule has 1 aromatic heterocycles. The lowest BCUT2D eigenvalue weighted by atomic mass is 10.00. The van der Waals surface area contributed by atoms with E-state index in [4.69, 9.17) is 9.47 Å². The monoisotopic (exact) mass is 455 g/mol. The van der Waals surface area contributed by atoms with E-state index in [0.717, 1.165) is 28.0 Å². The second kappa shape index (κ2) is 8.10. The first-order valence-corrected chi connectivity index (χ1v) is 11.4. The quantitative estimate of drug-likeness (QED) is 0.596. The van der Waals surface area contributed by atoms with Crippen LogP contribution in [-0.2, 0) is 14.8 Å². The molecule has 0 amide bonds. The van der Waals surface area contributed by atoms with E-state index in [2.05, 4.69) is 5.10 Å². The zero-order chi connectivity index (χ0) is 22.3. The van der Waals surface area contributed by atoms with Crippen molar-refractivity contribution < 1.29 is 31.5 Å². The highest BCUT2D eigenvalue weighted by molar-refractivity contribution is 7.92. The summed E-state index contributed by atoms with van der Waals surface area (Å²) in [4.78, 5) is 12.5. The molecule has 0 spiro atoms. The largest absolute Gasteiger partial charge is 0.497 e. The number of carbonyl (C=O) groups is 1. The third-order valence-electron chi connectivity index (χ3n) is 5.64. The fourth-order valence-electron chi connectivity index (χ4n) is 4.00. The topological polar surface area (TPSA) is 90.7 Å². The number of hydrogen-bond acceptors (Lipinski definition) is 6. The molecular weight excluding hydrogens is 432 g/mol. The van der Waals surface area contributed by atoms with E-state index in [-0.39, 0.29) is 35.2 Å². The minimum atomic E-state index is -4.18. The van der Waals surface area contributed by atoms with Crippen LogP contribution in [0.5, 0.6) is 5.75 Å². The third-order valence-corrected chi connectivity index (χ3v) is 7.47. The molecule has 2 heterocycles. The molecule has 2 unspecified atom stereocenters. The van der Waals surface area contributed by atoms with Crippen molar-refractivity contribution in [3.63, 3.8) is 0 Å². The van der Waals surface area contributed by atoms with E-state index < -0.39 is 34.5 Å². The maximum Gasteiger partial charge on any atom is 0.343 e. The number of rotatable bonds is 7. The molecule has 2 aliphatic rings. The zero-order valence-electron chi connectivity index (χ0n) is 17.1. The van der Waals surface area contributed by atoms with Gasteiger partial charge in [-0.2, -0.15) is 5.10 Å². The van der Waals surface area contributed by atoms with Crippen molar-refractivity contribution in [3.8, 4) is 5.75 Å². The van der Waals surface area contributed by atoms with Gasteiger partial charge in [-0.25, -0.2) is 31.0 Å². The maximum absolute atomic E-state index is 13.9. The number of methoxy groups -OCH3 is 1. The van der Waals surface area contributed by atoms with E-state index in [1.54, 1.807) is 6.92 Å². The number of halogens is 2. The van der Waals surface area contributed by atoms with Gasteiger partial charge in [0.25, 0.3) is 16.4 Å². The number of hydrogen-bond donors (Lipinski definition) is 0. The van der Waals surface area contributed by atoms with E-state index in [9.17, 15) is 22.0 Å². The Morgan fingerprint density at radius 1 is 1.26 bits per heavy atom. The maximum atomic E-state index is 13.9. The Hall–Kier alpha value is -2.69. The molecular formula is C20H23F2N3O5S. The number of sulfonamides is 1. The van der Waals surface area contributed by atoms with Gasteiger partial charge in [-0.1, -0.05) is 0 Å². The van der Waals surface area contributed by atoms with Crippen molar-refractivity contribution in [2.45, 2.75) is 49.6 Å². The molecule has 1 aromatic carbocycles. The average molecular weight is 455 g/mol. The second-order valence-corrected chi connectivity index (χ2v) is 9.38. The van der Waals surface area contributed by atoms with Crippen LogP contribution in [-0.4, -0.2) is 50.4 Å². The number of anilines is 1. The van der Waals surface area contributed by atoms with Crippen LogP contribution < -0.4 is 9.04 Å². The van der Waals surface area contributed by atoms with E-state index in [1.165, 1.54) is 31.4 Å². The van der Waals surface area contributed by atoms with Crippen LogP contribution in [0.2, 0.25) is 0 Å². The van der Waals surface area contributed by atoms with E-state index in [1.807, 2.05) is 0 Å². The Labute approximate surface area is 178 Å². The summed E-state index contributed by atoms with van der Waals surface area (Å²) < 4.78 is 67.4. The molecule has 1 saturated carbocycles. The molecule has 2 aromatic rings. The van der Waals surface area contributed by atoms with Gasteiger partial charge in [0.2, 0.25) is 0 Å². The van der Waals surface area contributed by atoms with Crippen molar-refractivity contribution in [1.82, 2.24) is 9.78 Å². The Morgan fingerprint density at radius 3 is 2.48 bits per heavy atom. The SMILES string of the molecule is CCOC(=O)c1cnn2c1N(S(=O)(=O)c1ccc(OC)cc1)C(C1CC1)CC2C(F)F. The van der Waals surface area contributed by atoms with E-state index >= 15 is 0 Å². The molecule has 1 aliphatic carbocycles. The molecule has 1 aliphatic heterocycles. The summed E-state index contributed by atoms with van der Waals surface area (Å²) in [5.74, 6) is -0.551. The van der Waals surface area contributed by atoms with Gasteiger partial charge in [-0.15, -0.1) is 0 Å². The molecule has 11 heteroatoms. The minimum absolute atomic E-state index is 0.0306. The Balaban J connectivity index is 1.89. The van der Waals surface area contributed by atoms with Crippen molar-refractivity contribution in [1.29, 1.82) is 0 Å². The Bertz CT molecular complexity index is 1070. The zero-order valence-corrected chi connectivity index (χ0v) is 17.9. The first kappa shape index (κ1) is 21.5. The summed E-state index contributed by atoms with van der Waals surface area (Å²) >= 11 is 0. The molecule has 0 bridgehead atoms. The summed E-state index contributed by atoms with van der Waals surface area (Å²) in [6.45, 7) is 1.66. The minimum Gasteiger partial charge on any atom is -0.497 e. The fraction of sp³-hybridized carbons (Fsp3) is 0.500. The number of ether oxygens (including phenoxy) is 2. The van der Waals surface area contributed by atoms with Gasteiger partial charge in [0.05, 0.1) is 30.9 Å². The summed E-state index contributed by atoms with van der Waals surface area (Å²) in [5, 5.41) is 3.97. The highest BCUT2D eigenvalue weighted by Crippen LogP contribution is 2.48. The summed E-state index contributed by atoms with van der Waals surface area (Å²) in [6, 6.07) is 3.77. The van der Waals surface area contributed by atoms with Crippen molar-refractivity contribution in [3.05, 3.63) is 36.0 Å². The van der Waals surface area contributed by atoms with Crippen molar-refractivity contribution in [2.24, 2.45) is 5.92 Å². The number of benzene rings is 1. The second-order valence-electron chi connectivity index (χ2n) is 7.57. The van der Waals surface area contributed by atoms with Gasteiger partial charge in [0.1, 0.15) is 17.4 Å². The lowest BCUT2D eigenvalue weighted by Crippen LogP contribution is -2.49. The van der Waals surface area contributed by atoms with Crippen LogP contribution >= 0.6 is 0 Å². The van der Waals surface area contributed by atoms with Crippen LogP contribution in [0, 0.1) is 5.92 Å². The molecule has 31 heavy (non-hydrogen) atoms. The molecule has 0 N–H and O–H groups in total. The van der Waals surface area contributed by atoms with Gasteiger partial charge in [-0.3, -0.25) is 0 Å². The van der Waals surface area contributed by atoms with Crippen molar-refractivity contribution >= 4 is 21.8 Å². The Morgan fingerprint density at radius 2 is 1.94 bits per heavy atom. The molecule has 0 saturated heterocycles. The highest BCUT2D eigenvalue weighted by Gasteiger charge is 2.50. The van der Waals surface area contributed by atoms with Crippen molar-refractivity contribution in [2.75, 3.05) is 18.0 Å². The number of aromatic nitrogens is 2. The lowest BCUT2D eigenvalue weighted by Gasteiger charge is -2.40. The fourth-order valence-corrected chi connectivity index (χ4v) is 5.73. The predicted octanol–water partition coefficient (Wildman–Crippen LogP) is 3.25. The number of nitrogens with zero attached hydrogens (tertiary/aromatic N) is 3. The van der Waals surface area contributed by atoms with E-state index in [0.29, 0.717) is 5.75 Å². The number of carbonyl (C=O) groups excluding carboxylic acids is 1. The molecule has 2 atom stereocenters. The average Bonchev–Trinajstić information content (AvgIpc) is 3.51.